The third-order valence-electron chi connectivity index (χ3n) is 2.33. The van der Waals surface area contributed by atoms with Crippen molar-refractivity contribution in [3.05, 3.63) is 35.6 Å². The highest BCUT2D eigenvalue weighted by atomic mass is 19.4. The number of aliphatic hydroxyl groups is 1. The van der Waals surface area contributed by atoms with Crippen LogP contribution in [0.5, 0.6) is 0 Å². The molecule has 1 rings (SSSR count). The molecule has 18 heavy (non-hydrogen) atoms. The summed E-state index contributed by atoms with van der Waals surface area (Å²) in [5.74, 6) is -0.471. The first kappa shape index (κ1) is 14.9. The van der Waals surface area contributed by atoms with Gasteiger partial charge in [0, 0.05) is 19.7 Å². The van der Waals surface area contributed by atoms with Crippen LogP contribution >= 0.6 is 0 Å². The molecule has 0 bridgehead atoms. The van der Waals surface area contributed by atoms with E-state index in [-0.39, 0.29) is 26.1 Å². The molecule has 0 fully saturated rings. The van der Waals surface area contributed by atoms with Gasteiger partial charge in [-0.15, -0.1) is 0 Å². The summed E-state index contributed by atoms with van der Waals surface area (Å²) in [6.07, 6.45) is -4.05. The van der Waals surface area contributed by atoms with Gasteiger partial charge in [0.25, 0.3) is 0 Å². The van der Waals surface area contributed by atoms with Gasteiger partial charge in [-0.05, 0) is 24.1 Å². The Bertz CT molecular complexity index is 367. The molecular formula is C12H15F4NO. The van der Waals surface area contributed by atoms with E-state index >= 15 is 0 Å². The van der Waals surface area contributed by atoms with Crippen LogP contribution < -0.4 is 0 Å². The van der Waals surface area contributed by atoms with Crippen molar-refractivity contribution in [1.29, 1.82) is 0 Å². The molecule has 0 saturated heterocycles. The average molecular weight is 265 g/mol. The number of nitrogens with zero attached hydrogens (tertiary/aromatic N) is 1. The van der Waals surface area contributed by atoms with E-state index in [1.54, 1.807) is 6.07 Å². The van der Waals surface area contributed by atoms with Crippen molar-refractivity contribution in [2.45, 2.75) is 19.1 Å². The first-order valence-electron chi connectivity index (χ1n) is 5.55. The van der Waals surface area contributed by atoms with Gasteiger partial charge in [0.1, 0.15) is 5.82 Å². The highest BCUT2D eigenvalue weighted by Crippen LogP contribution is 2.18. The van der Waals surface area contributed by atoms with E-state index in [2.05, 4.69) is 0 Å². The molecule has 6 heteroatoms. The maximum Gasteiger partial charge on any atom is 0.401 e. The number of benzene rings is 1. The minimum Gasteiger partial charge on any atom is -0.396 e. The molecule has 2 nitrogen and oxygen atoms in total. The van der Waals surface area contributed by atoms with Gasteiger partial charge in [-0.2, -0.15) is 13.2 Å². The standard InChI is InChI=1S/C12H15F4NO/c13-11-4-1-3-10(7-11)8-17(5-2-6-18)9-12(14,15)16/h1,3-4,7,18H,2,5-6,8-9H2. The van der Waals surface area contributed by atoms with Gasteiger partial charge in [-0.1, -0.05) is 12.1 Å². The van der Waals surface area contributed by atoms with Crippen LogP contribution in [0.3, 0.4) is 0 Å². The quantitative estimate of drug-likeness (QED) is 0.799. The van der Waals surface area contributed by atoms with E-state index in [0.29, 0.717) is 5.56 Å². The summed E-state index contributed by atoms with van der Waals surface area (Å²) in [5.41, 5.74) is 0.484. The molecule has 1 N–H and O–H groups in total. The molecule has 0 unspecified atom stereocenters. The third-order valence-corrected chi connectivity index (χ3v) is 2.33. The zero-order valence-corrected chi connectivity index (χ0v) is 9.75. The number of rotatable bonds is 6. The SMILES string of the molecule is OCCCN(Cc1cccc(F)c1)CC(F)(F)F. The molecule has 0 radical (unpaired) electrons. The van der Waals surface area contributed by atoms with Crippen LogP contribution in [0, 0.1) is 5.82 Å². The fourth-order valence-corrected chi connectivity index (χ4v) is 1.66. The summed E-state index contributed by atoms with van der Waals surface area (Å²) in [6.45, 7) is -1.11. The zero-order chi connectivity index (χ0) is 13.6. The van der Waals surface area contributed by atoms with Gasteiger partial charge in [-0.3, -0.25) is 4.90 Å². The summed E-state index contributed by atoms with van der Waals surface area (Å²) in [6, 6.07) is 5.49. The van der Waals surface area contributed by atoms with E-state index in [4.69, 9.17) is 5.11 Å². The van der Waals surface area contributed by atoms with Crippen LogP contribution in [0.4, 0.5) is 17.6 Å². The number of aliphatic hydroxyl groups excluding tert-OH is 1. The predicted molar refractivity (Wildman–Crippen MR) is 59.4 cm³/mol. The van der Waals surface area contributed by atoms with Crippen molar-refractivity contribution in [1.82, 2.24) is 4.90 Å². The predicted octanol–water partition coefficient (Wildman–Crippen LogP) is 2.57. The minimum absolute atomic E-state index is 0.0112. The van der Waals surface area contributed by atoms with Gasteiger partial charge in [-0.25, -0.2) is 4.39 Å². The molecule has 1 aromatic carbocycles. The Hall–Kier alpha value is -1.14. The molecule has 1 aromatic rings. The number of halogens is 4. The highest BCUT2D eigenvalue weighted by Gasteiger charge is 2.30. The Balaban J connectivity index is 2.65. The third kappa shape index (κ3) is 5.97. The first-order chi connectivity index (χ1) is 8.40. The molecular weight excluding hydrogens is 250 g/mol. The lowest BCUT2D eigenvalue weighted by Crippen LogP contribution is -2.34. The van der Waals surface area contributed by atoms with E-state index in [1.807, 2.05) is 0 Å². The Morgan fingerprint density at radius 3 is 2.50 bits per heavy atom. The van der Waals surface area contributed by atoms with Crippen LogP contribution in [-0.4, -0.2) is 35.9 Å². The number of hydrogen-bond donors (Lipinski definition) is 1. The molecule has 0 amide bonds. The summed E-state index contributed by atoms with van der Waals surface area (Å²) in [7, 11) is 0. The lowest BCUT2D eigenvalue weighted by molar-refractivity contribution is -0.147. The van der Waals surface area contributed by atoms with Crippen molar-refractivity contribution >= 4 is 0 Å². The van der Waals surface area contributed by atoms with Crippen LogP contribution in [0.2, 0.25) is 0 Å². The van der Waals surface area contributed by atoms with Crippen molar-refractivity contribution < 1.29 is 22.7 Å². The normalized spacial score (nSPS) is 12.1. The molecule has 102 valence electrons. The van der Waals surface area contributed by atoms with Crippen molar-refractivity contribution in [2.24, 2.45) is 0 Å². The average Bonchev–Trinajstić information content (AvgIpc) is 2.24. The van der Waals surface area contributed by atoms with Crippen LogP contribution in [-0.2, 0) is 6.54 Å². The fourth-order valence-electron chi connectivity index (χ4n) is 1.66. The Morgan fingerprint density at radius 2 is 1.94 bits per heavy atom. The van der Waals surface area contributed by atoms with Gasteiger partial charge in [0.2, 0.25) is 0 Å². The van der Waals surface area contributed by atoms with Crippen molar-refractivity contribution in [3.8, 4) is 0 Å². The first-order valence-corrected chi connectivity index (χ1v) is 5.55. The Kier molecular flexibility index (Phi) is 5.55. The van der Waals surface area contributed by atoms with E-state index < -0.39 is 18.5 Å². The second-order valence-corrected chi connectivity index (χ2v) is 4.03. The fraction of sp³-hybridized carbons (Fsp3) is 0.500. The molecule has 0 atom stereocenters. The van der Waals surface area contributed by atoms with E-state index in [0.717, 1.165) is 4.90 Å². The maximum atomic E-state index is 12.9. The molecule has 0 spiro atoms. The summed E-state index contributed by atoms with van der Waals surface area (Å²) in [4.78, 5) is 1.14. The topological polar surface area (TPSA) is 23.5 Å². The van der Waals surface area contributed by atoms with Gasteiger partial charge >= 0.3 is 6.18 Å². The molecule has 0 aromatic heterocycles. The van der Waals surface area contributed by atoms with Gasteiger partial charge in [0.15, 0.2) is 0 Å². The molecule has 0 aliphatic rings. The van der Waals surface area contributed by atoms with Crippen LogP contribution in [0.1, 0.15) is 12.0 Å². The monoisotopic (exact) mass is 265 g/mol. The smallest absolute Gasteiger partial charge is 0.396 e. The second kappa shape index (κ2) is 6.70. The minimum atomic E-state index is -4.30. The number of alkyl halides is 3. The van der Waals surface area contributed by atoms with Crippen LogP contribution in [0.25, 0.3) is 0 Å². The highest BCUT2D eigenvalue weighted by molar-refractivity contribution is 5.16. The lowest BCUT2D eigenvalue weighted by Gasteiger charge is -2.23. The van der Waals surface area contributed by atoms with Crippen molar-refractivity contribution in [2.75, 3.05) is 19.7 Å². The summed E-state index contributed by atoms with van der Waals surface area (Å²) in [5, 5.41) is 8.66. The lowest BCUT2D eigenvalue weighted by atomic mass is 10.2. The largest absolute Gasteiger partial charge is 0.401 e. The van der Waals surface area contributed by atoms with Crippen molar-refractivity contribution in [3.63, 3.8) is 0 Å². The number of hydrogen-bond acceptors (Lipinski definition) is 2. The van der Waals surface area contributed by atoms with Gasteiger partial charge < -0.3 is 5.11 Å². The molecule has 0 heterocycles. The Morgan fingerprint density at radius 1 is 1.22 bits per heavy atom. The molecule has 0 saturated carbocycles. The van der Waals surface area contributed by atoms with E-state index in [9.17, 15) is 17.6 Å². The summed E-state index contributed by atoms with van der Waals surface area (Å²) >= 11 is 0. The van der Waals surface area contributed by atoms with Crippen LogP contribution in [0.15, 0.2) is 24.3 Å². The van der Waals surface area contributed by atoms with Gasteiger partial charge in [0.05, 0.1) is 6.54 Å². The zero-order valence-electron chi connectivity index (χ0n) is 9.75. The Labute approximate surface area is 103 Å². The molecule has 0 aliphatic heterocycles. The molecule has 0 aliphatic carbocycles. The maximum absolute atomic E-state index is 12.9. The summed E-state index contributed by atoms with van der Waals surface area (Å²) < 4.78 is 49.9. The van der Waals surface area contributed by atoms with E-state index in [1.165, 1.54) is 18.2 Å². The second-order valence-electron chi connectivity index (χ2n) is 4.03.